The topological polar surface area (TPSA) is 50.4 Å². The Balaban J connectivity index is 1.53. The standard InChI is InChI=1S/C22H26F2N2O2/c1-21(2)13-22(21,18-9-6-16(23)12-19(18)24)14-26-20(27)25-11-10-15-4-7-17(28-3)8-5-15/h4-9,12H,10-11,13-14H2,1-3H3,(H2,25,26,27). The molecule has 1 fully saturated rings. The minimum Gasteiger partial charge on any atom is -0.497 e. The molecule has 150 valence electrons. The van der Waals surface area contributed by atoms with Crippen LogP contribution in [0.15, 0.2) is 42.5 Å². The normalized spacial score (nSPS) is 19.8. The molecule has 3 rings (SSSR count). The van der Waals surface area contributed by atoms with Crippen LogP contribution in [0.4, 0.5) is 13.6 Å². The quantitative estimate of drug-likeness (QED) is 0.748. The molecule has 0 bridgehead atoms. The highest BCUT2D eigenvalue weighted by molar-refractivity contribution is 5.74. The first-order chi connectivity index (χ1) is 13.3. The van der Waals surface area contributed by atoms with E-state index in [9.17, 15) is 13.6 Å². The first-order valence-corrected chi connectivity index (χ1v) is 9.38. The van der Waals surface area contributed by atoms with Crippen LogP contribution in [0.5, 0.6) is 5.75 Å². The van der Waals surface area contributed by atoms with Crippen LogP contribution in [0, 0.1) is 17.0 Å². The Kier molecular flexibility index (Phi) is 5.59. The average Bonchev–Trinajstić information content (AvgIpc) is 3.22. The summed E-state index contributed by atoms with van der Waals surface area (Å²) in [5.74, 6) is -0.369. The molecular weight excluding hydrogens is 362 g/mol. The monoisotopic (exact) mass is 388 g/mol. The van der Waals surface area contributed by atoms with E-state index in [0.717, 1.165) is 23.8 Å². The summed E-state index contributed by atoms with van der Waals surface area (Å²) in [5, 5.41) is 5.68. The van der Waals surface area contributed by atoms with Gasteiger partial charge in [0.2, 0.25) is 0 Å². The van der Waals surface area contributed by atoms with E-state index in [2.05, 4.69) is 10.6 Å². The molecular formula is C22H26F2N2O2. The van der Waals surface area contributed by atoms with Gasteiger partial charge in [0.25, 0.3) is 0 Å². The fourth-order valence-electron chi connectivity index (χ4n) is 3.85. The summed E-state index contributed by atoms with van der Waals surface area (Å²) in [6, 6.07) is 11.0. The number of hydrogen-bond donors (Lipinski definition) is 2. The van der Waals surface area contributed by atoms with Gasteiger partial charge in [0.1, 0.15) is 17.4 Å². The number of urea groups is 1. The zero-order chi connectivity index (χ0) is 20.4. The zero-order valence-electron chi connectivity index (χ0n) is 16.4. The second kappa shape index (κ2) is 7.78. The Hall–Kier alpha value is -2.63. The lowest BCUT2D eigenvalue weighted by Gasteiger charge is -2.22. The van der Waals surface area contributed by atoms with Gasteiger partial charge in [-0.15, -0.1) is 0 Å². The van der Waals surface area contributed by atoms with E-state index in [0.29, 0.717) is 25.1 Å². The van der Waals surface area contributed by atoms with Crippen LogP contribution in [0.1, 0.15) is 31.4 Å². The number of carbonyl (C=O) groups is 1. The summed E-state index contributed by atoms with van der Waals surface area (Å²) in [7, 11) is 1.62. The van der Waals surface area contributed by atoms with Gasteiger partial charge >= 0.3 is 6.03 Å². The van der Waals surface area contributed by atoms with Crippen molar-refractivity contribution in [3.8, 4) is 5.75 Å². The molecule has 2 amide bonds. The SMILES string of the molecule is COc1ccc(CCNC(=O)NCC2(c3ccc(F)cc3F)CC2(C)C)cc1. The lowest BCUT2D eigenvalue weighted by atomic mass is 9.87. The molecule has 1 aliphatic rings. The van der Waals surface area contributed by atoms with E-state index in [4.69, 9.17) is 4.74 Å². The van der Waals surface area contributed by atoms with Gasteiger partial charge in [0.15, 0.2) is 0 Å². The van der Waals surface area contributed by atoms with E-state index < -0.39 is 17.0 Å². The lowest BCUT2D eigenvalue weighted by molar-refractivity contribution is 0.239. The van der Waals surface area contributed by atoms with E-state index >= 15 is 0 Å². The number of amides is 2. The maximum atomic E-state index is 14.3. The number of carbonyl (C=O) groups excluding carboxylic acids is 1. The summed E-state index contributed by atoms with van der Waals surface area (Å²) >= 11 is 0. The Morgan fingerprint density at radius 1 is 1.11 bits per heavy atom. The summed E-state index contributed by atoms with van der Waals surface area (Å²) in [4.78, 5) is 12.2. The maximum absolute atomic E-state index is 14.3. The van der Waals surface area contributed by atoms with Crippen molar-refractivity contribution in [2.24, 2.45) is 5.41 Å². The molecule has 0 heterocycles. The molecule has 2 N–H and O–H groups in total. The van der Waals surface area contributed by atoms with Crippen molar-refractivity contribution in [1.82, 2.24) is 10.6 Å². The average molecular weight is 388 g/mol. The molecule has 0 radical (unpaired) electrons. The van der Waals surface area contributed by atoms with E-state index in [1.165, 1.54) is 12.1 Å². The number of rotatable bonds is 7. The molecule has 0 saturated heterocycles. The maximum Gasteiger partial charge on any atom is 0.314 e. The minimum atomic E-state index is -0.598. The van der Waals surface area contributed by atoms with E-state index in [-0.39, 0.29) is 11.4 Å². The van der Waals surface area contributed by atoms with Crippen molar-refractivity contribution < 1.29 is 18.3 Å². The second-order valence-corrected chi connectivity index (χ2v) is 7.97. The Morgan fingerprint density at radius 3 is 2.36 bits per heavy atom. The molecule has 4 nitrogen and oxygen atoms in total. The van der Waals surface area contributed by atoms with Crippen LogP contribution >= 0.6 is 0 Å². The van der Waals surface area contributed by atoms with Crippen molar-refractivity contribution in [2.75, 3.05) is 20.2 Å². The summed E-state index contributed by atoms with van der Waals surface area (Å²) in [6.07, 6.45) is 1.43. The van der Waals surface area contributed by atoms with Crippen molar-refractivity contribution >= 4 is 6.03 Å². The van der Waals surface area contributed by atoms with Gasteiger partial charge in [0, 0.05) is 24.6 Å². The van der Waals surface area contributed by atoms with Crippen LogP contribution in [-0.4, -0.2) is 26.2 Å². The number of benzene rings is 2. The fourth-order valence-corrected chi connectivity index (χ4v) is 3.85. The molecule has 28 heavy (non-hydrogen) atoms. The predicted octanol–water partition coefficient (Wildman–Crippen LogP) is 4.18. The van der Waals surface area contributed by atoms with Gasteiger partial charge in [-0.3, -0.25) is 0 Å². The first-order valence-electron chi connectivity index (χ1n) is 9.38. The molecule has 1 saturated carbocycles. The van der Waals surface area contributed by atoms with Crippen LogP contribution < -0.4 is 15.4 Å². The third kappa shape index (κ3) is 4.11. The van der Waals surface area contributed by atoms with Gasteiger partial charge < -0.3 is 15.4 Å². The van der Waals surface area contributed by atoms with Gasteiger partial charge in [-0.2, -0.15) is 0 Å². The van der Waals surface area contributed by atoms with Crippen molar-refractivity contribution in [2.45, 2.75) is 32.1 Å². The molecule has 0 aliphatic heterocycles. The second-order valence-electron chi connectivity index (χ2n) is 7.97. The first kappa shape index (κ1) is 20.1. The Morgan fingerprint density at radius 2 is 1.79 bits per heavy atom. The van der Waals surface area contributed by atoms with Gasteiger partial charge in [-0.05, 0) is 47.6 Å². The number of halogens is 2. The molecule has 2 aromatic carbocycles. The third-order valence-electron chi connectivity index (χ3n) is 5.77. The van der Waals surface area contributed by atoms with Crippen LogP contribution in [0.2, 0.25) is 0 Å². The summed E-state index contributed by atoms with van der Waals surface area (Å²) < 4.78 is 32.7. The van der Waals surface area contributed by atoms with Gasteiger partial charge in [0.05, 0.1) is 7.11 Å². The van der Waals surface area contributed by atoms with Crippen LogP contribution in [0.3, 0.4) is 0 Å². The summed E-state index contributed by atoms with van der Waals surface area (Å²) in [6.45, 7) is 4.84. The number of hydrogen-bond acceptors (Lipinski definition) is 2. The highest BCUT2D eigenvalue weighted by atomic mass is 19.1. The van der Waals surface area contributed by atoms with Crippen molar-refractivity contribution in [3.63, 3.8) is 0 Å². The largest absolute Gasteiger partial charge is 0.497 e. The number of methoxy groups -OCH3 is 1. The highest BCUT2D eigenvalue weighted by Gasteiger charge is 2.62. The van der Waals surface area contributed by atoms with Crippen LogP contribution in [0.25, 0.3) is 0 Å². The smallest absolute Gasteiger partial charge is 0.314 e. The molecule has 0 spiro atoms. The third-order valence-corrected chi connectivity index (χ3v) is 5.77. The molecule has 2 aromatic rings. The molecule has 6 heteroatoms. The fraction of sp³-hybridized carbons (Fsp3) is 0.409. The predicted molar refractivity (Wildman–Crippen MR) is 105 cm³/mol. The van der Waals surface area contributed by atoms with Gasteiger partial charge in [-0.25, -0.2) is 13.6 Å². The number of nitrogens with one attached hydrogen (secondary N) is 2. The van der Waals surface area contributed by atoms with E-state index in [1.807, 2.05) is 38.1 Å². The van der Waals surface area contributed by atoms with Gasteiger partial charge in [-0.1, -0.05) is 32.0 Å². The summed E-state index contributed by atoms with van der Waals surface area (Å²) in [5.41, 5.74) is 0.867. The highest BCUT2D eigenvalue weighted by Crippen LogP contribution is 2.64. The minimum absolute atomic E-state index is 0.165. The molecule has 1 atom stereocenters. The Bertz CT molecular complexity index is 852. The molecule has 0 aromatic heterocycles. The van der Waals surface area contributed by atoms with Crippen molar-refractivity contribution in [1.29, 1.82) is 0 Å². The van der Waals surface area contributed by atoms with Crippen LogP contribution in [-0.2, 0) is 11.8 Å². The molecule has 1 unspecified atom stereocenters. The Labute approximate surface area is 164 Å². The lowest BCUT2D eigenvalue weighted by Crippen LogP contribution is -2.42. The zero-order valence-corrected chi connectivity index (χ0v) is 16.4. The number of ether oxygens (including phenoxy) is 1. The molecule has 1 aliphatic carbocycles. The van der Waals surface area contributed by atoms with Crippen molar-refractivity contribution in [3.05, 3.63) is 65.2 Å². The van der Waals surface area contributed by atoms with E-state index in [1.54, 1.807) is 7.11 Å².